The molecule has 0 N–H and O–H groups in total. The van der Waals surface area contributed by atoms with Crippen molar-refractivity contribution in [3.05, 3.63) is 83.2 Å². The van der Waals surface area contributed by atoms with Crippen LogP contribution in [-0.2, 0) is 12.0 Å². The number of hydrogen-bond donors (Lipinski definition) is 0. The van der Waals surface area contributed by atoms with E-state index in [-0.39, 0.29) is 11.3 Å². The maximum Gasteiger partial charge on any atom is 0.255 e. The lowest BCUT2D eigenvalue weighted by Crippen LogP contribution is -2.53. The van der Waals surface area contributed by atoms with Crippen LogP contribution in [0.1, 0.15) is 39.9 Å². The second-order valence-corrected chi connectivity index (χ2v) is 8.54. The van der Waals surface area contributed by atoms with Crippen LogP contribution in [0.4, 0.5) is 10.3 Å². The van der Waals surface area contributed by atoms with Crippen LogP contribution < -0.4 is 4.90 Å². The zero-order valence-corrected chi connectivity index (χ0v) is 17.5. The van der Waals surface area contributed by atoms with Gasteiger partial charge in [0.2, 0.25) is 5.95 Å². The van der Waals surface area contributed by atoms with E-state index < -0.39 is 5.82 Å². The molecule has 0 aliphatic carbocycles. The molecular formula is C24H24FN5O. The molecule has 5 rings (SSSR count). The summed E-state index contributed by atoms with van der Waals surface area (Å²) in [6, 6.07) is 10.3. The van der Waals surface area contributed by atoms with E-state index in [9.17, 15) is 9.18 Å². The topological polar surface area (TPSA) is 62.2 Å². The van der Waals surface area contributed by atoms with Gasteiger partial charge in [0.25, 0.3) is 5.91 Å². The summed E-state index contributed by atoms with van der Waals surface area (Å²) in [4.78, 5) is 29.9. The van der Waals surface area contributed by atoms with Crippen molar-refractivity contribution in [2.24, 2.45) is 0 Å². The van der Waals surface area contributed by atoms with Gasteiger partial charge < -0.3 is 9.80 Å². The minimum atomic E-state index is -0.432. The molecule has 6 nitrogen and oxygen atoms in total. The minimum absolute atomic E-state index is 0.0226. The average Bonchev–Trinajstić information content (AvgIpc) is 2.80. The van der Waals surface area contributed by atoms with E-state index in [2.05, 4.69) is 38.1 Å². The third-order valence-corrected chi connectivity index (χ3v) is 6.46. The number of rotatable bonds is 2. The normalized spacial score (nSPS) is 17.5. The Balaban J connectivity index is 1.42. The SMILES string of the molecule is Cc1cncc(C(=O)N2Cc3ccccc3C3(CCN(c4ncc(F)cn4)CC3)C2)c1. The van der Waals surface area contributed by atoms with E-state index in [0.717, 1.165) is 31.5 Å². The molecule has 7 heteroatoms. The summed E-state index contributed by atoms with van der Waals surface area (Å²) >= 11 is 0. The predicted octanol–water partition coefficient (Wildman–Crippen LogP) is 3.51. The highest BCUT2D eigenvalue weighted by Gasteiger charge is 2.43. The summed E-state index contributed by atoms with van der Waals surface area (Å²) in [7, 11) is 0. The quantitative estimate of drug-likeness (QED) is 0.639. The highest BCUT2D eigenvalue weighted by Crippen LogP contribution is 2.42. The number of amides is 1. The van der Waals surface area contributed by atoms with Crippen molar-refractivity contribution in [3.63, 3.8) is 0 Å². The Bertz CT molecular complexity index is 1110. The van der Waals surface area contributed by atoms with Gasteiger partial charge in [-0.2, -0.15) is 0 Å². The van der Waals surface area contributed by atoms with Gasteiger partial charge in [0.15, 0.2) is 5.82 Å². The van der Waals surface area contributed by atoms with Gasteiger partial charge in [-0.15, -0.1) is 0 Å². The third-order valence-electron chi connectivity index (χ3n) is 6.46. The second kappa shape index (κ2) is 7.72. The number of carbonyl (C=O) groups is 1. The molecule has 31 heavy (non-hydrogen) atoms. The van der Waals surface area contributed by atoms with Gasteiger partial charge in [-0.1, -0.05) is 24.3 Å². The number of aromatic nitrogens is 3. The molecule has 2 aliphatic heterocycles. The summed E-state index contributed by atoms with van der Waals surface area (Å²) in [6.45, 7) is 4.75. The summed E-state index contributed by atoms with van der Waals surface area (Å²) < 4.78 is 13.2. The fraction of sp³-hybridized carbons (Fsp3) is 0.333. The van der Waals surface area contributed by atoms with Crippen molar-refractivity contribution in [3.8, 4) is 0 Å². The number of fused-ring (bicyclic) bond motifs is 2. The van der Waals surface area contributed by atoms with Crippen LogP contribution >= 0.6 is 0 Å². The molecule has 1 amide bonds. The number of anilines is 1. The lowest BCUT2D eigenvalue weighted by Gasteiger charge is -2.48. The molecule has 1 saturated heterocycles. The number of hydrogen-bond acceptors (Lipinski definition) is 5. The summed E-state index contributed by atoms with van der Waals surface area (Å²) in [5.74, 6) is 0.145. The highest BCUT2D eigenvalue weighted by atomic mass is 19.1. The molecule has 0 atom stereocenters. The Morgan fingerprint density at radius 3 is 2.55 bits per heavy atom. The molecule has 2 aliphatic rings. The van der Waals surface area contributed by atoms with Gasteiger partial charge in [-0.25, -0.2) is 14.4 Å². The number of pyridine rings is 1. The molecule has 1 spiro atoms. The van der Waals surface area contributed by atoms with Crippen LogP contribution in [0.2, 0.25) is 0 Å². The number of carbonyl (C=O) groups excluding carboxylic acids is 1. The van der Waals surface area contributed by atoms with Gasteiger partial charge in [0.05, 0.1) is 18.0 Å². The number of aryl methyl sites for hydroxylation is 1. The van der Waals surface area contributed by atoms with Crippen molar-refractivity contribution in [1.82, 2.24) is 19.9 Å². The first kappa shape index (κ1) is 19.6. The van der Waals surface area contributed by atoms with E-state index in [1.54, 1.807) is 12.4 Å². The molecule has 4 heterocycles. The van der Waals surface area contributed by atoms with Crippen LogP contribution in [0.25, 0.3) is 0 Å². The first-order chi connectivity index (χ1) is 15.0. The fourth-order valence-electron chi connectivity index (χ4n) is 4.92. The molecule has 0 unspecified atom stereocenters. The van der Waals surface area contributed by atoms with Crippen LogP contribution in [0, 0.1) is 12.7 Å². The smallest absolute Gasteiger partial charge is 0.255 e. The van der Waals surface area contributed by atoms with Gasteiger partial charge in [-0.05, 0) is 42.5 Å². The lowest BCUT2D eigenvalue weighted by atomic mass is 9.68. The van der Waals surface area contributed by atoms with E-state index in [0.29, 0.717) is 24.6 Å². The average molecular weight is 417 g/mol. The molecule has 0 bridgehead atoms. The molecule has 3 aromatic rings. The Kier molecular flexibility index (Phi) is 4.88. The van der Waals surface area contributed by atoms with Crippen molar-refractivity contribution in [1.29, 1.82) is 0 Å². The van der Waals surface area contributed by atoms with Crippen LogP contribution in [-0.4, -0.2) is 45.4 Å². The van der Waals surface area contributed by atoms with E-state index >= 15 is 0 Å². The fourth-order valence-corrected chi connectivity index (χ4v) is 4.92. The van der Waals surface area contributed by atoms with Crippen LogP contribution in [0.15, 0.2) is 55.1 Å². The van der Waals surface area contributed by atoms with Crippen molar-refractivity contribution < 1.29 is 9.18 Å². The number of nitrogens with zero attached hydrogens (tertiary/aromatic N) is 5. The zero-order valence-electron chi connectivity index (χ0n) is 17.5. The van der Waals surface area contributed by atoms with E-state index in [1.807, 2.05) is 24.0 Å². The first-order valence-corrected chi connectivity index (χ1v) is 10.6. The van der Waals surface area contributed by atoms with Gasteiger partial charge in [-0.3, -0.25) is 9.78 Å². The lowest BCUT2D eigenvalue weighted by molar-refractivity contribution is 0.0647. The highest BCUT2D eigenvalue weighted by molar-refractivity contribution is 5.94. The summed E-state index contributed by atoms with van der Waals surface area (Å²) in [5.41, 5.74) is 4.03. The maximum absolute atomic E-state index is 13.3. The molecule has 158 valence electrons. The van der Waals surface area contributed by atoms with Gasteiger partial charge in [0, 0.05) is 44.0 Å². The van der Waals surface area contributed by atoms with E-state index in [1.165, 1.54) is 23.5 Å². The van der Waals surface area contributed by atoms with Crippen LogP contribution in [0.5, 0.6) is 0 Å². The molecule has 0 saturated carbocycles. The van der Waals surface area contributed by atoms with Gasteiger partial charge in [0.1, 0.15) is 0 Å². The second-order valence-electron chi connectivity index (χ2n) is 8.54. The molecule has 1 fully saturated rings. The Morgan fingerprint density at radius 1 is 1.06 bits per heavy atom. The van der Waals surface area contributed by atoms with E-state index in [4.69, 9.17) is 0 Å². The minimum Gasteiger partial charge on any atom is -0.341 e. The molecule has 2 aromatic heterocycles. The molecule has 1 aromatic carbocycles. The Morgan fingerprint density at radius 2 is 1.81 bits per heavy atom. The summed E-state index contributed by atoms with van der Waals surface area (Å²) in [6.07, 6.45) is 7.58. The van der Waals surface area contributed by atoms with Crippen LogP contribution in [0.3, 0.4) is 0 Å². The molecular weight excluding hydrogens is 393 g/mol. The standard InChI is InChI=1S/C24H24FN5O/c1-17-10-19(12-26-11-17)22(31)30-15-18-4-2-3-5-21(18)24(16-30)6-8-29(9-7-24)23-27-13-20(25)14-28-23/h2-5,10-14H,6-9,15-16H2,1H3. The summed E-state index contributed by atoms with van der Waals surface area (Å²) in [5, 5.41) is 0. The Hall–Kier alpha value is -3.35. The largest absolute Gasteiger partial charge is 0.341 e. The first-order valence-electron chi connectivity index (χ1n) is 10.6. The number of benzene rings is 1. The van der Waals surface area contributed by atoms with Crippen molar-refractivity contribution in [2.75, 3.05) is 24.5 Å². The predicted molar refractivity (Wildman–Crippen MR) is 115 cm³/mol. The number of halogens is 1. The number of piperidine rings is 1. The Labute approximate surface area is 180 Å². The van der Waals surface area contributed by atoms with Crippen molar-refractivity contribution in [2.45, 2.75) is 31.7 Å². The molecule has 0 radical (unpaired) electrons. The maximum atomic E-state index is 13.3. The van der Waals surface area contributed by atoms with Gasteiger partial charge >= 0.3 is 0 Å². The van der Waals surface area contributed by atoms with Crippen molar-refractivity contribution >= 4 is 11.9 Å². The monoisotopic (exact) mass is 417 g/mol. The third kappa shape index (κ3) is 3.65. The zero-order chi connectivity index (χ0) is 21.4.